The molecule has 0 atom stereocenters. The number of hydrogen-bond donors (Lipinski definition) is 0. The molecule has 0 aliphatic carbocycles. The van der Waals surface area contributed by atoms with E-state index in [1.807, 2.05) is 0 Å². The Kier molecular flexibility index (Phi) is 6.17. The van der Waals surface area contributed by atoms with Gasteiger partial charge in [0.15, 0.2) is 11.5 Å². The summed E-state index contributed by atoms with van der Waals surface area (Å²) >= 11 is 3.30. The van der Waals surface area contributed by atoms with Gasteiger partial charge in [0, 0.05) is 10.9 Å². The van der Waals surface area contributed by atoms with E-state index in [1.54, 1.807) is 24.3 Å². The zero-order valence-electron chi connectivity index (χ0n) is 15.0. The van der Waals surface area contributed by atoms with Crippen LogP contribution < -0.4 is 4.74 Å². The minimum atomic E-state index is -4.40. The van der Waals surface area contributed by atoms with E-state index in [0.29, 0.717) is 28.2 Å². The largest absolute Gasteiger partial charge is 0.464 e. The number of nitrogens with zero attached hydrogens (tertiary/aromatic N) is 2. The van der Waals surface area contributed by atoms with Crippen LogP contribution in [0.15, 0.2) is 54.6 Å². The van der Waals surface area contributed by atoms with E-state index in [4.69, 9.17) is 9.47 Å². The molecule has 0 saturated heterocycles. The molecule has 9 heteroatoms. The first-order valence-corrected chi connectivity index (χ1v) is 9.40. The standard InChI is InChI=1S/C20H14BrF3N2O3/c1-28-19(27)17-10-14(11-21)25-18(26-17)12-2-6-15(7-3-12)29-16-8-4-13(5-9-16)20(22,23)24/h2-10H,11H2,1H3. The molecule has 0 spiro atoms. The molecule has 0 aliphatic rings. The summed E-state index contributed by atoms with van der Waals surface area (Å²) in [6.07, 6.45) is -4.40. The van der Waals surface area contributed by atoms with Gasteiger partial charge in [-0.25, -0.2) is 14.8 Å². The number of carbonyl (C=O) groups excluding carboxylic acids is 1. The molecule has 0 radical (unpaired) electrons. The van der Waals surface area contributed by atoms with E-state index in [2.05, 4.69) is 25.9 Å². The van der Waals surface area contributed by atoms with Crippen LogP contribution in [0, 0.1) is 0 Å². The number of alkyl halides is 4. The maximum absolute atomic E-state index is 12.6. The number of rotatable bonds is 5. The summed E-state index contributed by atoms with van der Waals surface area (Å²) in [4.78, 5) is 20.4. The van der Waals surface area contributed by atoms with Crippen molar-refractivity contribution in [3.8, 4) is 22.9 Å². The molecule has 3 aromatic rings. The molecule has 0 N–H and O–H groups in total. The van der Waals surface area contributed by atoms with Gasteiger partial charge in [-0.15, -0.1) is 0 Å². The third-order valence-electron chi connectivity index (χ3n) is 3.84. The van der Waals surface area contributed by atoms with Crippen LogP contribution in [0.5, 0.6) is 11.5 Å². The van der Waals surface area contributed by atoms with Crippen LogP contribution in [0.4, 0.5) is 13.2 Å². The first kappa shape index (κ1) is 20.8. The Bertz CT molecular complexity index is 1010. The van der Waals surface area contributed by atoms with Crippen molar-refractivity contribution in [2.75, 3.05) is 7.11 Å². The maximum atomic E-state index is 12.6. The highest BCUT2D eigenvalue weighted by molar-refractivity contribution is 9.08. The monoisotopic (exact) mass is 466 g/mol. The molecule has 0 aliphatic heterocycles. The Morgan fingerprint density at radius 3 is 2.10 bits per heavy atom. The summed E-state index contributed by atoms with van der Waals surface area (Å²) in [5.74, 6) is 0.469. The summed E-state index contributed by atoms with van der Waals surface area (Å²) in [6.45, 7) is 0. The second kappa shape index (κ2) is 8.60. The lowest BCUT2D eigenvalue weighted by Crippen LogP contribution is -2.07. The quantitative estimate of drug-likeness (QED) is 0.359. The van der Waals surface area contributed by atoms with Crippen LogP contribution in [0.3, 0.4) is 0 Å². The van der Waals surface area contributed by atoms with Crippen LogP contribution in [-0.4, -0.2) is 23.0 Å². The topological polar surface area (TPSA) is 61.3 Å². The highest BCUT2D eigenvalue weighted by atomic mass is 79.9. The normalized spacial score (nSPS) is 11.2. The van der Waals surface area contributed by atoms with Crippen molar-refractivity contribution in [1.29, 1.82) is 0 Å². The first-order chi connectivity index (χ1) is 13.8. The van der Waals surface area contributed by atoms with E-state index in [-0.39, 0.29) is 11.4 Å². The van der Waals surface area contributed by atoms with Gasteiger partial charge in [-0.3, -0.25) is 0 Å². The third-order valence-corrected chi connectivity index (χ3v) is 4.42. The average Bonchev–Trinajstić information content (AvgIpc) is 2.73. The minimum absolute atomic E-state index is 0.136. The van der Waals surface area contributed by atoms with Gasteiger partial charge in [-0.2, -0.15) is 13.2 Å². The molecule has 150 valence electrons. The predicted octanol–water partition coefficient (Wildman–Crippen LogP) is 5.64. The summed E-state index contributed by atoms with van der Waals surface area (Å²) in [7, 11) is 1.27. The fourth-order valence-corrected chi connectivity index (χ4v) is 2.71. The predicted molar refractivity (Wildman–Crippen MR) is 103 cm³/mol. The van der Waals surface area contributed by atoms with Gasteiger partial charge in [0.25, 0.3) is 0 Å². The Morgan fingerprint density at radius 2 is 1.59 bits per heavy atom. The Balaban J connectivity index is 1.81. The van der Waals surface area contributed by atoms with E-state index < -0.39 is 17.7 Å². The molecule has 0 bridgehead atoms. The molecule has 2 aromatic carbocycles. The zero-order chi connectivity index (χ0) is 21.0. The molecule has 0 fully saturated rings. The van der Waals surface area contributed by atoms with Gasteiger partial charge in [0.1, 0.15) is 11.5 Å². The lowest BCUT2D eigenvalue weighted by Gasteiger charge is -2.10. The maximum Gasteiger partial charge on any atom is 0.416 e. The van der Waals surface area contributed by atoms with Crippen LogP contribution in [0.2, 0.25) is 0 Å². The Hall–Kier alpha value is -2.94. The number of carbonyl (C=O) groups is 1. The molecule has 1 heterocycles. The smallest absolute Gasteiger partial charge is 0.416 e. The summed E-state index contributed by atoms with van der Waals surface area (Å²) < 4.78 is 48.1. The first-order valence-electron chi connectivity index (χ1n) is 8.28. The number of halogens is 4. The molecule has 0 unspecified atom stereocenters. The van der Waals surface area contributed by atoms with Crippen molar-refractivity contribution in [3.05, 3.63) is 71.5 Å². The minimum Gasteiger partial charge on any atom is -0.464 e. The summed E-state index contributed by atoms with van der Waals surface area (Å²) in [5, 5.41) is 0.432. The van der Waals surface area contributed by atoms with Crippen molar-refractivity contribution >= 4 is 21.9 Å². The van der Waals surface area contributed by atoms with Gasteiger partial charge in [-0.1, -0.05) is 15.9 Å². The van der Waals surface area contributed by atoms with Crippen molar-refractivity contribution in [2.45, 2.75) is 11.5 Å². The number of hydrogen-bond acceptors (Lipinski definition) is 5. The highest BCUT2D eigenvalue weighted by Gasteiger charge is 2.30. The molecule has 1 aromatic heterocycles. The number of benzene rings is 2. The third kappa shape index (κ3) is 5.11. The number of methoxy groups -OCH3 is 1. The van der Waals surface area contributed by atoms with Gasteiger partial charge < -0.3 is 9.47 Å². The summed E-state index contributed by atoms with van der Waals surface area (Å²) in [6, 6.07) is 12.6. The van der Waals surface area contributed by atoms with Gasteiger partial charge in [0.05, 0.1) is 18.4 Å². The highest BCUT2D eigenvalue weighted by Crippen LogP contribution is 2.31. The number of ether oxygens (including phenoxy) is 2. The number of aromatic nitrogens is 2. The fourth-order valence-electron chi connectivity index (χ4n) is 2.42. The van der Waals surface area contributed by atoms with E-state index >= 15 is 0 Å². The van der Waals surface area contributed by atoms with Crippen molar-refractivity contribution < 1.29 is 27.4 Å². The Labute approximate surface area is 172 Å². The lowest BCUT2D eigenvalue weighted by atomic mass is 10.2. The van der Waals surface area contributed by atoms with E-state index in [1.165, 1.54) is 25.3 Å². The molecule has 29 heavy (non-hydrogen) atoms. The SMILES string of the molecule is COC(=O)c1cc(CBr)nc(-c2ccc(Oc3ccc(C(F)(F)F)cc3)cc2)n1. The molecule has 5 nitrogen and oxygen atoms in total. The van der Waals surface area contributed by atoms with Crippen molar-refractivity contribution in [1.82, 2.24) is 9.97 Å². The zero-order valence-corrected chi connectivity index (χ0v) is 16.6. The van der Waals surface area contributed by atoms with Crippen LogP contribution in [0.1, 0.15) is 21.7 Å². The lowest BCUT2D eigenvalue weighted by molar-refractivity contribution is -0.137. The van der Waals surface area contributed by atoms with E-state index in [9.17, 15) is 18.0 Å². The van der Waals surface area contributed by atoms with Gasteiger partial charge in [-0.05, 0) is 54.6 Å². The van der Waals surface area contributed by atoms with Gasteiger partial charge in [0.2, 0.25) is 0 Å². The second-order valence-corrected chi connectivity index (χ2v) is 6.40. The molecule has 3 rings (SSSR count). The van der Waals surface area contributed by atoms with Crippen molar-refractivity contribution in [3.63, 3.8) is 0 Å². The summed E-state index contributed by atoms with van der Waals surface area (Å²) in [5.41, 5.74) is 0.640. The van der Waals surface area contributed by atoms with Crippen LogP contribution in [-0.2, 0) is 16.2 Å². The van der Waals surface area contributed by atoms with E-state index in [0.717, 1.165) is 12.1 Å². The number of esters is 1. The second-order valence-electron chi connectivity index (χ2n) is 5.84. The molecular weight excluding hydrogens is 453 g/mol. The molecular formula is C20H14BrF3N2O3. The van der Waals surface area contributed by atoms with Gasteiger partial charge >= 0.3 is 12.1 Å². The Morgan fingerprint density at radius 1 is 1.00 bits per heavy atom. The average molecular weight is 467 g/mol. The van der Waals surface area contributed by atoms with Crippen LogP contribution >= 0.6 is 15.9 Å². The molecule has 0 amide bonds. The van der Waals surface area contributed by atoms with Crippen LogP contribution in [0.25, 0.3) is 11.4 Å². The molecule has 0 saturated carbocycles. The van der Waals surface area contributed by atoms with Crippen molar-refractivity contribution in [2.24, 2.45) is 0 Å². The fraction of sp³-hybridized carbons (Fsp3) is 0.150.